The lowest BCUT2D eigenvalue weighted by molar-refractivity contribution is -0.139. The highest BCUT2D eigenvalue weighted by molar-refractivity contribution is 7.92. The topological polar surface area (TPSA) is 178 Å². The fourth-order valence-corrected chi connectivity index (χ4v) is 5.45. The van der Waals surface area contributed by atoms with Gasteiger partial charge in [-0.05, 0) is 49.7 Å². The molecular weight excluding hydrogens is 548 g/mol. The number of nitrogens with one attached hydrogen (secondary N) is 1. The number of nitrogens with zero attached hydrogens (tertiary/aromatic N) is 4. The van der Waals surface area contributed by atoms with Crippen LogP contribution in [0.5, 0.6) is 0 Å². The van der Waals surface area contributed by atoms with Crippen LogP contribution in [-0.2, 0) is 29.1 Å². The van der Waals surface area contributed by atoms with Crippen LogP contribution in [0.2, 0.25) is 0 Å². The predicted molar refractivity (Wildman–Crippen MR) is 148 cm³/mol. The van der Waals surface area contributed by atoms with Crippen LogP contribution in [0.15, 0.2) is 88.2 Å². The Balaban J connectivity index is 1.85. The molecule has 1 aliphatic rings. The van der Waals surface area contributed by atoms with Gasteiger partial charge < -0.3 is 15.2 Å². The van der Waals surface area contributed by atoms with Crippen LogP contribution < -0.4 is 15.4 Å². The number of nitrogens with two attached hydrogens (primary N) is 1. The van der Waals surface area contributed by atoms with E-state index < -0.39 is 27.9 Å². The van der Waals surface area contributed by atoms with Gasteiger partial charge in [-0.25, -0.2) is 32.7 Å². The Bertz CT molecular complexity index is 1710. The van der Waals surface area contributed by atoms with Crippen molar-refractivity contribution in [2.24, 2.45) is 5.73 Å². The minimum absolute atomic E-state index is 0.0189. The SMILES string of the molecule is COC(=O)C1=C(C(=O)OC)N(c2ccc(S(=O)(=O)Nc3nc(C)cc(C)n3)cc2)C(N)=C(C#N)C1c1ccccc1. The van der Waals surface area contributed by atoms with Crippen molar-refractivity contribution in [1.82, 2.24) is 9.97 Å². The maximum absolute atomic E-state index is 13.2. The minimum atomic E-state index is -4.10. The van der Waals surface area contributed by atoms with Gasteiger partial charge in [0.15, 0.2) is 0 Å². The first-order valence-corrected chi connectivity index (χ1v) is 13.6. The normalized spacial score (nSPS) is 15.3. The number of benzene rings is 2. The molecule has 3 N–H and O–H groups in total. The zero-order valence-electron chi connectivity index (χ0n) is 22.6. The summed E-state index contributed by atoms with van der Waals surface area (Å²) in [7, 11) is -1.81. The fourth-order valence-electron chi connectivity index (χ4n) is 4.51. The van der Waals surface area contributed by atoms with E-state index in [4.69, 9.17) is 15.2 Å². The summed E-state index contributed by atoms with van der Waals surface area (Å²) in [4.78, 5) is 35.6. The Morgan fingerprint density at radius 1 is 0.976 bits per heavy atom. The van der Waals surface area contributed by atoms with Gasteiger partial charge in [-0.2, -0.15) is 5.26 Å². The highest BCUT2D eigenvalue weighted by atomic mass is 32.2. The monoisotopic (exact) mass is 574 g/mol. The lowest BCUT2D eigenvalue weighted by Crippen LogP contribution is -2.40. The number of rotatable bonds is 7. The third-order valence-electron chi connectivity index (χ3n) is 6.22. The molecule has 0 bridgehead atoms. The van der Waals surface area contributed by atoms with Crippen LogP contribution in [0.1, 0.15) is 22.9 Å². The van der Waals surface area contributed by atoms with Crippen molar-refractivity contribution in [1.29, 1.82) is 5.26 Å². The molecule has 1 aromatic heterocycles. The number of hydrogen-bond donors (Lipinski definition) is 2. The molecule has 41 heavy (non-hydrogen) atoms. The number of methoxy groups -OCH3 is 2. The van der Waals surface area contributed by atoms with Crippen molar-refractivity contribution in [2.75, 3.05) is 23.8 Å². The summed E-state index contributed by atoms with van der Waals surface area (Å²) in [5.74, 6) is -3.05. The molecule has 210 valence electrons. The Morgan fingerprint density at radius 3 is 2.10 bits per heavy atom. The fraction of sp³-hybridized carbons (Fsp3) is 0.179. The first-order valence-electron chi connectivity index (χ1n) is 12.1. The van der Waals surface area contributed by atoms with Gasteiger partial charge in [-0.15, -0.1) is 0 Å². The van der Waals surface area contributed by atoms with E-state index in [0.29, 0.717) is 17.0 Å². The van der Waals surface area contributed by atoms with Crippen LogP contribution in [0.25, 0.3) is 0 Å². The summed E-state index contributed by atoms with van der Waals surface area (Å²) < 4.78 is 38.5. The Hall–Kier alpha value is -5.22. The molecule has 0 fully saturated rings. The summed E-state index contributed by atoms with van der Waals surface area (Å²) >= 11 is 0. The number of aryl methyl sites for hydroxylation is 2. The maximum atomic E-state index is 13.2. The summed E-state index contributed by atoms with van der Waals surface area (Å²) in [5, 5.41) is 10.1. The number of sulfonamides is 1. The van der Waals surface area contributed by atoms with Gasteiger partial charge in [0, 0.05) is 17.1 Å². The van der Waals surface area contributed by atoms with E-state index in [1.165, 1.54) is 29.2 Å². The maximum Gasteiger partial charge on any atom is 0.355 e. The number of hydrogen-bond acceptors (Lipinski definition) is 11. The number of aromatic nitrogens is 2. The average molecular weight is 575 g/mol. The molecule has 2 heterocycles. The van der Waals surface area contributed by atoms with Crippen LogP contribution in [0.3, 0.4) is 0 Å². The Morgan fingerprint density at radius 2 is 1.56 bits per heavy atom. The molecule has 0 amide bonds. The van der Waals surface area contributed by atoms with Crippen molar-refractivity contribution in [3.63, 3.8) is 0 Å². The van der Waals surface area contributed by atoms with E-state index in [9.17, 15) is 23.3 Å². The van der Waals surface area contributed by atoms with Gasteiger partial charge in [-0.3, -0.25) is 4.90 Å². The summed E-state index contributed by atoms with van der Waals surface area (Å²) in [6, 6.07) is 17.6. The quantitative estimate of drug-likeness (QED) is 0.397. The number of carbonyl (C=O) groups is 2. The van der Waals surface area contributed by atoms with Crippen molar-refractivity contribution in [3.05, 3.63) is 100 Å². The van der Waals surface area contributed by atoms with Crippen molar-refractivity contribution in [2.45, 2.75) is 24.7 Å². The second-order valence-electron chi connectivity index (χ2n) is 8.91. The third-order valence-corrected chi connectivity index (χ3v) is 7.57. The van der Waals surface area contributed by atoms with Crippen molar-refractivity contribution < 1.29 is 27.5 Å². The molecule has 4 rings (SSSR count). The van der Waals surface area contributed by atoms with Gasteiger partial charge in [0.25, 0.3) is 10.0 Å². The van der Waals surface area contributed by atoms with E-state index in [0.717, 1.165) is 14.2 Å². The number of anilines is 2. The number of nitriles is 1. The zero-order valence-corrected chi connectivity index (χ0v) is 23.4. The molecule has 0 radical (unpaired) electrons. The van der Waals surface area contributed by atoms with Crippen molar-refractivity contribution >= 4 is 33.6 Å². The standard InChI is InChI=1S/C28H26N6O6S/c1-16-14-17(2)32-28(31-16)33-41(37,38)20-12-10-19(11-13-20)34-24(27(36)40-4)23(26(35)39-3)22(21(15-29)25(34)30)18-8-6-5-7-9-18/h5-14,22H,30H2,1-4H3,(H,31,32,33). The lowest BCUT2D eigenvalue weighted by atomic mass is 9.81. The lowest BCUT2D eigenvalue weighted by Gasteiger charge is -2.35. The van der Waals surface area contributed by atoms with E-state index in [1.54, 1.807) is 50.2 Å². The van der Waals surface area contributed by atoms with Gasteiger partial charge in [-0.1, -0.05) is 30.3 Å². The number of allylic oxidation sites excluding steroid dienone is 1. The molecule has 0 saturated heterocycles. The second kappa shape index (κ2) is 11.5. The molecule has 2 aromatic carbocycles. The summed E-state index contributed by atoms with van der Waals surface area (Å²) in [6.45, 7) is 3.43. The first kappa shape index (κ1) is 28.8. The molecule has 0 aliphatic carbocycles. The molecule has 12 nitrogen and oxygen atoms in total. The number of esters is 2. The zero-order chi connectivity index (χ0) is 29.9. The first-order chi connectivity index (χ1) is 19.5. The molecular formula is C28H26N6O6S. The van der Waals surface area contributed by atoms with Gasteiger partial charge in [0.05, 0.1) is 42.2 Å². The molecule has 1 unspecified atom stereocenters. The molecule has 1 aliphatic heterocycles. The smallest absolute Gasteiger partial charge is 0.355 e. The number of carbonyl (C=O) groups excluding carboxylic acids is 2. The van der Waals surface area contributed by atoms with Crippen LogP contribution in [0.4, 0.5) is 11.6 Å². The molecule has 0 saturated carbocycles. The highest BCUT2D eigenvalue weighted by Gasteiger charge is 2.43. The Labute approximate surface area is 236 Å². The van der Waals surface area contributed by atoms with Crippen LogP contribution in [0, 0.1) is 25.2 Å². The molecule has 3 aromatic rings. The van der Waals surface area contributed by atoms with Gasteiger partial charge in [0.1, 0.15) is 11.5 Å². The predicted octanol–water partition coefficient (Wildman–Crippen LogP) is 2.79. The van der Waals surface area contributed by atoms with E-state index >= 15 is 0 Å². The summed E-state index contributed by atoms with van der Waals surface area (Å²) in [6.07, 6.45) is 0. The largest absolute Gasteiger partial charge is 0.466 e. The highest BCUT2D eigenvalue weighted by Crippen LogP contribution is 2.43. The van der Waals surface area contributed by atoms with Crippen LogP contribution >= 0.6 is 0 Å². The molecule has 13 heteroatoms. The van der Waals surface area contributed by atoms with E-state index in [2.05, 4.69) is 20.8 Å². The second-order valence-corrected chi connectivity index (χ2v) is 10.6. The summed E-state index contributed by atoms with van der Waals surface area (Å²) in [5.41, 5.74) is 7.90. The molecule has 0 spiro atoms. The van der Waals surface area contributed by atoms with Gasteiger partial charge >= 0.3 is 11.9 Å². The van der Waals surface area contributed by atoms with E-state index in [-0.39, 0.29) is 39.2 Å². The van der Waals surface area contributed by atoms with Gasteiger partial charge in [0.2, 0.25) is 5.95 Å². The van der Waals surface area contributed by atoms with Crippen LogP contribution in [-0.4, -0.2) is 44.5 Å². The average Bonchev–Trinajstić information content (AvgIpc) is 2.95. The Kier molecular flexibility index (Phi) is 8.06. The minimum Gasteiger partial charge on any atom is -0.466 e. The van der Waals surface area contributed by atoms with Crippen molar-refractivity contribution in [3.8, 4) is 6.07 Å². The van der Waals surface area contributed by atoms with E-state index in [1.807, 2.05) is 0 Å². The third kappa shape index (κ3) is 5.59. The number of ether oxygens (including phenoxy) is 2. The molecule has 1 atom stereocenters.